The zero-order valence-corrected chi connectivity index (χ0v) is 10.3. The average Bonchev–Trinajstić information content (AvgIpc) is 2.26. The molecule has 0 heterocycles. The molecule has 1 nitrogen and oxygen atoms in total. The third kappa shape index (κ3) is 3.98. The Kier molecular flexibility index (Phi) is 5.38. The topological polar surface area (TPSA) is 20.2 Å². The van der Waals surface area contributed by atoms with E-state index in [0.717, 1.165) is 11.5 Å². The fourth-order valence-corrected chi connectivity index (χ4v) is 2.69. The Bertz CT molecular complexity index is 190. The van der Waals surface area contributed by atoms with E-state index in [1.165, 1.54) is 44.9 Å². The minimum absolute atomic E-state index is 0.253. The lowest BCUT2D eigenvalue weighted by atomic mass is 9.76. The first-order valence-electron chi connectivity index (χ1n) is 6.48. The molecule has 1 rings (SSSR count). The molecule has 15 heavy (non-hydrogen) atoms. The summed E-state index contributed by atoms with van der Waals surface area (Å²) in [4.78, 5) is 0. The van der Waals surface area contributed by atoms with Crippen LogP contribution in [0.3, 0.4) is 0 Å². The quantitative estimate of drug-likeness (QED) is 0.682. The van der Waals surface area contributed by atoms with Crippen LogP contribution < -0.4 is 0 Å². The molecule has 1 atom stereocenters. The van der Waals surface area contributed by atoms with Crippen LogP contribution in [0.2, 0.25) is 0 Å². The van der Waals surface area contributed by atoms with Crippen molar-refractivity contribution >= 4 is 0 Å². The zero-order chi connectivity index (χ0) is 11.3. The van der Waals surface area contributed by atoms with E-state index in [2.05, 4.69) is 13.5 Å². The van der Waals surface area contributed by atoms with Crippen LogP contribution in [0.1, 0.15) is 58.8 Å². The molecule has 0 bridgehead atoms. The van der Waals surface area contributed by atoms with Crippen LogP contribution in [0.4, 0.5) is 0 Å². The summed E-state index contributed by atoms with van der Waals surface area (Å²) in [6.07, 6.45) is 8.85. The highest BCUT2D eigenvalue weighted by Crippen LogP contribution is 2.34. The van der Waals surface area contributed by atoms with Crippen LogP contribution in [0.25, 0.3) is 0 Å². The summed E-state index contributed by atoms with van der Waals surface area (Å²) in [6, 6.07) is 0. The van der Waals surface area contributed by atoms with Crippen molar-refractivity contribution in [3.63, 3.8) is 0 Å². The maximum Gasteiger partial charge on any atom is 0.0772 e. The summed E-state index contributed by atoms with van der Waals surface area (Å²) < 4.78 is 0. The minimum Gasteiger partial charge on any atom is -0.388 e. The predicted molar refractivity (Wildman–Crippen MR) is 65.8 cm³/mol. The van der Waals surface area contributed by atoms with Gasteiger partial charge in [0, 0.05) is 0 Å². The van der Waals surface area contributed by atoms with Gasteiger partial charge in [-0.05, 0) is 31.6 Å². The molecule has 1 unspecified atom stereocenters. The Morgan fingerprint density at radius 3 is 2.40 bits per heavy atom. The maximum absolute atomic E-state index is 9.91. The summed E-state index contributed by atoms with van der Waals surface area (Å²) in [7, 11) is 0. The van der Waals surface area contributed by atoms with Crippen molar-refractivity contribution in [2.45, 2.75) is 64.9 Å². The number of aliphatic hydroxyl groups excluding tert-OH is 1. The Labute approximate surface area is 94.6 Å². The van der Waals surface area contributed by atoms with Gasteiger partial charge in [0.05, 0.1) is 6.10 Å². The van der Waals surface area contributed by atoms with Crippen LogP contribution in [0, 0.1) is 11.8 Å². The summed E-state index contributed by atoms with van der Waals surface area (Å²) in [5.41, 5.74) is 0.937. The van der Waals surface area contributed by atoms with Gasteiger partial charge in [-0.3, -0.25) is 0 Å². The van der Waals surface area contributed by atoms with Gasteiger partial charge >= 0.3 is 0 Å². The first kappa shape index (κ1) is 12.8. The van der Waals surface area contributed by atoms with Crippen molar-refractivity contribution in [3.05, 3.63) is 12.2 Å². The second-order valence-electron chi connectivity index (χ2n) is 5.21. The van der Waals surface area contributed by atoms with Crippen molar-refractivity contribution in [2.75, 3.05) is 0 Å². The SMILES string of the molecule is C=C(C)C(O)C1CCC(CCCC)CC1. The highest BCUT2D eigenvalue weighted by molar-refractivity contribution is 5.00. The van der Waals surface area contributed by atoms with Gasteiger partial charge in [0.1, 0.15) is 0 Å². The number of unbranched alkanes of at least 4 members (excludes halogenated alkanes) is 1. The lowest BCUT2D eigenvalue weighted by Gasteiger charge is -2.31. The van der Waals surface area contributed by atoms with E-state index in [9.17, 15) is 5.11 Å². The van der Waals surface area contributed by atoms with Gasteiger partial charge in [0.15, 0.2) is 0 Å². The molecular weight excluding hydrogens is 184 g/mol. The average molecular weight is 210 g/mol. The summed E-state index contributed by atoms with van der Waals surface area (Å²) in [6.45, 7) is 8.05. The van der Waals surface area contributed by atoms with Gasteiger partial charge in [-0.15, -0.1) is 0 Å². The van der Waals surface area contributed by atoms with Crippen LogP contribution in [0.15, 0.2) is 12.2 Å². The Hall–Kier alpha value is -0.300. The van der Waals surface area contributed by atoms with Crippen LogP contribution >= 0.6 is 0 Å². The molecule has 1 aliphatic rings. The van der Waals surface area contributed by atoms with Gasteiger partial charge in [0.25, 0.3) is 0 Å². The monoisotopic (exact) mass is 210 g/mol. The van der Waals surface area contributed by atoms with Crippen molar-refractivity contribution < 1.29 is 5.11 Å². The van der Waals surface area contributed by atoms with Gasteiger partial charge in [-0.1, -0.05) is 51.2 Å². The number of hydrogen-bond donors (Lipinski definition) is 1. The molecule has 1 saturated carbocycles. The normalized spacial score (nSPS) is 28.7. The fraction of sp³-hybridized carbons (Fsp3) is 0.857. The smallest absolute Gasteiger partial charge is 0.0772 e. The van der Waals surface area contributed by atoms with E-state index in [1.807, 2.05) is 6.92 Å². The molecule has 0 amide bonds. The fourth-order valence-electron chi connectivity index (χ4n) is 2.69. The minimum atomic E-state index is -0.253. The Morgan fingerprint density at radius 1 is 1.33 bits per heavy atom. The largest absolute Gasteiger partial charge is 0.388 e. The summed E-state index contributed by atoms with van der Waals surface area (Å²) in [5, 5.41) is 9.91. The van der Waals surface area contributed by atoms with E-state index in [4.69, 9.17) is 0 Å². The van der Waals surface area contributed by atoms with E-state index >= 15 is 0 Å². The molecule has 1 fully saturated rings. The summed E-state index contributed by atoms with van der Waals surface area (Å²) >= 11 is 0. The third-order valence-electron chi connectivity index (χ3n) is 3.81. The predicted octanol–water partition coefficient (Wildman–Crippen LogP) is 3.92. The van der Waals surface area contributed by atoms with E-state index in [0.29, 0.717) is 5.92 Å². The molecule has 1 aliphatic carbocycles. The van der Waals surface area contributed by atoms with Crippen molar-refractivity contribution in [1.29, 1.82) is 0 Å². The first-order valence-corrected chi connectivity index (χ1v) is 6.48. The van der Waals surface area contributed by atoms with Crippen LogP contribution in [-0.2, 0) is 0 Å². The van der Waals surface area contributed by atoms with E-state index < -0.39 is 0 Å². The maximum atomic E-state index is 9.91. The summed E-state index contributed by atoms with van der Waals surface area (Å²) in [5.74, 6) is 1.42. The van der Waals surface area contributed by atoms with Crippen molar-refractivity contribution in [1.82, 2.24) is 0 Å². The van der Waals surface area contributed by atoms with Gasteiger partial charge in [-0.2, -0.15) is 0 Å². The number of rotatable bonds is 5. The van der Waals surface area contributed by atoms with Gasteiger partial charge in [-0.25, -0.2) is 0 Å². The molecule has 88 valence electrons. The number of hydrogen-bond acceptors (Lipinski definition) is 1. The molecule has 0 aromatic carbocycles. The molecule has 0 aromatic rings. The molecule has 1 heteroatoms. The molecule has 0 spiro atoms. The van der Waals surface area contributed by atoms with E-state index in [-0.39, 0.29) is 6.10 Å². The molecule has 0 aromatic heterocycles. The zero-order valence-electron chi connectivity index (χ0n) is 10.3. The standard InChI is InChI=1S/C14H26O/c1-4-5-6-12-7-9-13(10-8-12)14(15)11(2)3/h12-15H,2,4-10H2,1,3H3. The highest BCUT2D eigenvalue weighted by atomic mass is 16.3. The Balaban J connectivity index is 2.26. The lowest BCUT2D eigenvalue weighted by Crippen LogP contribution is -2.26. The van der Waals surface area contributed by atoms with Crippen molar-refractivity contribution in [3.8, 4) is 0 Å². The molecular formula is C14H26O. The van der Waals surface area contributed by atoms with Gasteiger partial charge < -0.3 is 5.11 Å². The van der Waals surface area contributed by atoms with Crippen LogP contribution in [0.5, 0.6) is 0 Å². The first-order chi connectivity index (χ1) is 7.15. The van der Waals surface area contributed by atoms with E-state index in [1.54, 1.807) is 0 Å². The molecule has 0 aliphatic heterocycles. The lowest BCUT2D eigenvalue weighted by molar-refractivity contribution is 0.0998. The molecule has 0 saturated heterocycles. The van der Waals surface area contributed by atoms with Crippen molar-refractivity contribution in [2.24, 2.45) is 11.8 Å². The van der Waals surface area contributed by atoms with Gasteiger partial charge in [0.2, 0.25) is 0 Å². The van der Waals surface area contributed by atoms with Crippen LogP contribution in [-0.4, -0.2) is 11.2 Å². The highest BCUT2D eigenvalue weighted by Gasteiger charge is 2.26. The number of aliphatic hydroxyl groups is 1. The Morgan fingerprint density at radius 2 is 1.93 bits per heavy atom. The second-order valence-corrected chi connectivity index (χ2v) is 5.21. The molecule has 0 radical (unpaired) electrons. The molecule has 1 N–H and O–H groups in total. The second kappa shape index (κ2) is 6.32. The third-order valence-corrected chi connectivity index (χ3v) is 3.81.